The minimum atomic E-state index is -3.23. The molecule has 5 nitrogen and oxygen atoms in total. The Hall–Kier alpha value is -2.12. The summed E-state index contributed by atoms with van der Waals surface area (Å²) in [6.45, 7) is 3.78. The van der Waals surface area contributed by atoms with Crippen LogP contribution >= 0.6 is 11.6 Å². The molecule has 3 rings (SSSR count). The molecular weight excluding hydrogens is 429 g/mol. The highest BCUT2D eigenvalue weighted by molar-refractivity contribution is 7.91. The SMILES string of the molecule is CC(C)c1ccc(OCC(=O)N(Cc2c(F)cccc2Cl)C2CCS(=O)(=O)C2)cc1. The van der Waals surface area contributed by atoms with E-state index in [4.69, 9.17) is 16.3 Å². The number of carbonyl (C=O) groups is 1. The number of sulfone groups is 1. The van der Waals surface area contributed by atoms with Crippen LogP contribution in [0.2, 0.25) is 5.02 Å². The molecule has 1 heterocycles. The van der Waals surface area contributed by atoms with Crippen molar-refractivity contribution in [3.8, 4) is 5.75 Å². The van der Waals surface area contributed by atoms with Gasteiger partial charge in [0, 0.05) is 16.6 Å². The molecule has 1 unspecified atom stereocenters. The minimum Gasteiger partial charge on any atom is -0.484 e. The van der Waals surface area contributed by atoms with Crippen molar-refractivity contribution in [1.82, 2.24) is 4.90 Å². The number of halogens is 2. The monoisotopic (exact) mass is 453 g/mol. The lowest BCUT2D eigenvalue weighted by Crippen LogP contribution is -2.43. The van der Waals surface area contributed by atoms with Gasteiger partial charge in [-0.05, 0) is 42.2 Å². The maximum absolute atomic E-state index is 14.3. The molecule has 1 fully saturated rings. The fraction of sp³-hybridized carbons (Fsp3) is 0.409. The molecule has 0 N–H and O–H groups in total. The zero-order chi connectivity index (χ0) is 21.9. The Morgan fingerprint density at radius 3 is 2.50 bits per heavy atom. The summed E-state index contributed by atoms with van der Waals surface area (Å²) >= 11 is 6.13. The van der Waals surface area contributed by atoms with Gasteiger partial charge in [-0.2, -0.15) is 0 Å². The highest BCUT2D eigenvalue weighted by Gasteiger charge is 2.35. The van der Waals surface area contributed by atoms with Crippen LogP contribution in [0.4, 0.5) is 4.39 Å². The van der Waals surface area contributed by atoms with E-state index in [0.29, 0.717) is 18.1 Å². The van der Waals surface area contributed by atoms with Gasteiger partial charge >= 0.3 is 0 Å². The average Bonchev–Trinajstić information content (AvgIpc) is 3.05. The van der Waals surface area contributed by atoms with E-state index in [-0.39, 0.29) is 35.2 Å². The third-order valence-electron chi connectivity index (χ3n) is 5.27. The molecule has 0 saturated carbocycles. The Morgan fingerprint density at radius 2 is 1.93 bits per heavy atom. The molecule has 0 aromatic heterocycles. The fourth-order valence-corrected chi connectivity index (χ4v) is 5.43. The molecule has 2 aromatic carbocycles. The molecule has 1 aliphatic heterocycles. The van der Waals surface area contributed by atoms with Crippen molar-refractivity contribution in [2.75, 3.05) is 18.1 Å². The lowest BCUT2D eigenvalue weighted by molar-refractivity contribution is -0.136. The Balaban J connectivity index is 1.76. The first kappa shape index (κ1) is 22.6. The largest absolute Gasteiger partial charge is 0.484 e. The molecule has 30 heavy (non-hydrogen) atoms. The normalized spacial score (nSPS) is 17.8. The predicted molar refractivity (Wildman–Crippen MR) is 115 cm³/mol. The first-order valence-electron chi connectivity index (χ1n) is 9.82. The third-order valence-corrected chi connectivity index (χ3v) is 7.37. The van der Waals surface area contributed by atoms with Gasteiger partial charge in [-0.1, -0.05) is 43.6 Å². The number of ether oxygens (including phenoxy) is 1. The molecule has 1 amide bonds. The van der Waals surface area contributed by atoms with E-state index >= 15 is 0 Å². The number of hydrogen-bond acceptors (Lipinski definition) is 4. The standard InChI is InChI=1S/C22H25ClFNO4S/c1-15(2)16-6-8-18(9-7-16)29-13-22(26)25(17-10-11-30(27,28)14-17)12-19-20(23)4-3-5-21(19)24/h3-9,15,17H,10-14H2,1-2H3. The van der Waals surface area contributed by atoms with Gasteiger partial charge in [-0.25, -0.2) is 12.8 Å². The van der Waals surface area contributed by atoms with Gasteiger partial charge in [0.25, 0.3) is 5.91 Å². The molecule has 8 heteroatoms. The van der Waals surface area contributed by atoms with E-state index < -0.39 is 27.6 Å². The van der Waals surface area contributed by atoms with Crippen LogP contribution in [0.25, 0.3) is 0 Å². The van der Waals surface area contributed by atoms with E-state index in [0.717, 1.165) is 5.56 Å². The highest BCUT2D eigenvalue weighted by Crippen LogP contribution is 2.26. The molecule has 162 valence electrons. The predicted octanol–water partition coefficient (Wildman–Crippen LogP) is 4.20. The van der Waals surface area contributed by atoms with Crippen molar-refractivity contribution in [2.24, 2.45) is 0 Å². The number of rotatable bonds is 7. The number of benzene rings is 2. The number of hydrogen-bond donors (Lipinski definition) is 0. The number of amides is 1. The van der Waals surface area contributed by atoms with Crippen molar-refractivity contribution >= 4 is 27.3 Å². The molecule has 0 bridgehead atoms. The maximum atomic E-state index is 14.3. The van der Waals surface area contributed by atoms with Crippen LogP contribution in [0, 0.1) is 5.82 Å². The van der Waals surface area contributed by atoms with Crippen LogP contribution in [0.1, 0.15) is 37.3 Å². The van der Waals surface area contributed by atoms with Crippen LogP contribution in [0.15, 0.2) is 42.5 Å². The van der Waals surface area contributed by atoms with Crippen molar-refractivity contribution < 1.29 is 22.3 Å². The molecule has 0 aliphatic carbocycles. The van der Waals surface area contributed by atoms with Crippen molar-refractivity contribution in [3.05, 3.63) is 64.4 Å². The van der Waals surface area contributed by atoms with Gasteiger partial charge in [0.05, 0.1) is 18.1 Å². The van der Waals surface area contributed by atoms with Crippen LogP contribution in [0.5, 0.6) is 5.75 Å². The summed E-state index contributed by atoms with van der Waals surface area (Å²) in [5.41, 5.74) is 1.32. The van der Waals surface area contributed by atoms with Crippen molar-refractivity contribution in [1.29, 1.82) is 0 Å². The van der Waals surface area contributed by atoms with Crippen molar-refractivity contribution in [3.63, 3.8) is 0 Å². The van der Waals surface area contributed by atoms with E-state index in [1.54, 1.807) is 18.2 Å². The van der Waals surface area contributed by atoms with Gasteiger partial charge in [-0.15, -0.1) is 0 Å². The number of carbonyl (C=O) groups excluding carboxylic acids is 1. The second kappa shape index (κ2) is 9.35. The lowest BCUT2D eigenvalue weighted by atomic mass is 10.0. The van der Waals surface area contributed by atoms with Crippen LogP contribution in [-0.2, 0) is 21.2 Å². The lowest BCUT2D eigenvalue weighted by Gasteiger charge is -2.29. The Morgan fingerprint density at radius 1 is 1.23 bits per heavy atom. The molecule has 1 atom stereocenters. The summed E-state index contributed by atoms with van der Waals surface area (Å²) < 4.78 is 43.8. The summed E-state index contributed by atoms with van der Waals surface area (Å²) in [7, 11) is -3.23. The molecule has 0 spiro atoms. The minimum absolute atomic E-state index is 0.00394. The second-order valence-corrected chi connectivity index (χ2v) is 10.4. The molecular formula is C22H25ClFNO4S. The molecule has 0 radical (unpaired) electrons. The summed E-state index contributed by atoms with van der Waals surface area (Å²) in [6.07, 6.45) is 0.309. The zero-order valence-corrected chi connectivity index (χ0v) is 18.5. The summed E-state index contributed by atoms with van der Waals surface area (Å²) in [4.78, 5) is 14.3. The van der Waals surface area contributed by atoms with Gasteiger partial charge in [-0.3, -0.25) is 4.79 Å². The molecule has 2 aromatic rings. The second-order valence-electron chi connectivity index (χ2n) is 7.79. The first-order chi connectivity index (χ1) is 14.2. The van der Waals surface area contributed by atoms with Gasteiger partial charge < -0.3 is 9.64 Å². The zero-order valence-electron chi connectivity index (χ0n) is 17.0. The van der Waals surface area contributed by atoms with Gasteiger partial charge in [0.15, 0.2) is 16.4 Å². The highest BCUT2D eigenvalue weighted by atomic mass is 35.5. The molecule has 1 saturated heterocycles. The first-order valence-corrected chi connectivity index (χ1v) is 12.0. The fourth-order valence-electron chi connectivity index (χ4n) is 3.47. The summed E-state index contributed by atoms with van der Waals surface area (Å²) in [5.74, 6) is -0.171. The summed E-state index contributed by atoms with van der Waals surface area (Å²) in [6, 6.07) is 11.2. The van der Waals surface area contributed by atoms with Gasteiger partial charge in [0.1, 0.15) is 11.6 Å². The topological polar surface area (TPSA) is 63.7 Å². The van der Waals surface area contributed by atoms with Crippen LogP contribution in [-0.4, -0.2) is 43.4 Å². The third kappa shape index (κ3) is 5.52. The summed E-state index contributed by atoms with van der Waals surface area (Å²) in [5, 5.41) is 0.193. The van der Waals surface area contributed by atoms with Crippen LogP contribution in [0.3, 0.4) is 0 Å². The van der Waals surface area contributed by atoms with Crippen molar-refractivity contribution in [2.45, 2.75) is 38.8 Å². The Kier molecular flexibility index (Phi) is 7.03. The van der Waals surface area contributed by atoms with E-state index in [9.17, 15) is 17.6 Å². The smallest absolute Gasteiger partial charge is 0.261 e. The van der Waals surface area contributed by atoms with E-state index in [2.05, 4.69) is 13.8 Å². The van der Waals surface area contributed by atoms with E-state index in [1.165, 1.54) is 17.0 Å². The number of nitrogens with zero attached hydrogens (tertiary/aromatic N) is 1. The maximum Gasteiger partial charge on any atom is 0.261 e. The average molecular weight is 454 g/mol. The van der Waals surface area contributed by atoms with Gasteiger partial charge in [0.2, 0.25) is 0 Å². The van der Waals surface area contributed by atoms with Crippen LogP contribution < -0.4 is 4.74 Å². The molecule has 1 aliphatic rings. The Labute approximate surface area is 181 Å². The quantitative estimate of drug-likeness (QED) is 0.630. The van der Waals surface area contributed by atoms with E-state index in [1.807, 2.05) is 12.1 Å². The Bertz CT molecular complexity index is 988.